The molecule has 156 valence electrons. The number of nitrogens with zero attached hydrogens (tertiary/aromatic N) is 1. The van der Waals surface area contributed by atoms with Gasteiger partial charge in [-0.3, -0.25) is 0 Å². The molecule has 0 unspecified atom stereocenters. The second kappa shape index (κ2) is 9.73. The molecule has 1 saturated heterocycles. The summed E-state index contributed by atoms with van der Waals surface area (Å²) in [6.45, 7) is 12.8. The van der Waals surface area contributed by atoms with E-state index in [1.54, 1.807) is 7.11 Å². The Hall–Kier alpha value is -2.62. The topological polar surface area (TPSA) is 30.9 Å². The van der Waals surface area contributed by atoms with E-state index in [-0.39, 0.29) is 6.10 Å². The molecule has 2 aromatic carbocycles. The zero-order valence-electron chi connectivity index (χ0n) is 18.1. The van der Waals surface area contributed by atoms with E-state index in [4.69, 9.17) is 14.2 Å². The van der Waals surface area contributed by atoms with Gasteiger partial charge in [0.15, 0.2) is 0 Å². The zero-order valence-corrected chi connectivity index (χ0v) is 18.1. The Bertz CT molecular complexity index is 809. The number of hydrogen-bond acceptors (Lipinski definition) is 4. The number of ether oxygens (including phenoxy) is 3. The summed E-state index contributed by atoms with van der Waals surface area (Å²) < 4.78 is 17.4. The lowest BCUT2D eigenvalue weighted by molar-refractivity contribution is 0.167. The van der Waals surface area contributed by atoms with E-state index >= 15 is 0 Å². The Balaban J connectivity index is 1.54. The zero-order chi connectivity index (χ0) is 20.8. The van der Waals surface area contributed by atoms with Crippen molar-refractivity contribution >= 4 is 5.69 Å². The summed E-state index contributed by atoms with van der Waals surface area (Å²) in [4.78, 5) is 2.27. The molecule has 1 atom stereocenters. The Labute approximate surface area is 175 Å². The van der Waals surface area contributed by atoms with Crippen LogP contribution in [0, 0.1) is 0 Å². The fourth-order valence-corrected chi connectivity index (χ4v) is 3.65. The van der Waals surface area contributed by atoms with E-state index in [2.05, 4.69) is 62.6 Å². The third kappa shape index (κ3) is 5.47. The van der Waals surface area contributed by atoms with Gasteiger partial charge in [-0.1, -0.05) is 31.6 Å². The fraction of sp³-hybridized carbons (Fsp3) is 0.440. The second-order valence-electron chi connectivity index (χ2n) is 7.96. The second-order valence-corrected chi connectivity index (χ2v) is 7.96. The predicted molar refractivity (Wildman–Crippen MR) is 120 cm³/mol. The summed E-state index contributed by atoms with van der Waals surface area (Å²) in [5, 5.41) is 0. The molecule has 0 N–H and O–H groups in total. The summed E-state index contributed by atoms with van der Waals surface area (Å²) >= 11 is 0. The smallest absolute Gasteiger partial charge is 0.145 e. The van der Waals surface area contributed by atoms with Crippen LogP contribution in [0.3, 0.4) is 0 Å². The van der Waals surface area contributed by atoms with Crippen LogP contribution in [0.5, 0.6) is 17.2 Å². The quantitative estimate of drug-likeness (QED) is 0.474. The Kier molecular flexibility index (Phi) is 7.08. The van der Waals surface area contributed by atoms with Gasteiger partial charge < -0.3 is 19.1 Å². The minimum atomic E-state index is 0.189. The SMILES string of the molecule is C=C(C)C[C@@H](C)c1ccc(OC2CN(c3ccc(OCCC)cc3OC)C2)cc1. The van der Waals surface area contributed by atoms with Crippen LogP contribution in [0.15, 0.2) is 54.6 Å². The average molecular weight is 396 g/mol. The van der Waals surface area contributed by atoms with Gasteiger partial charge in [-0.15, -0.1) is 6.58 Å². The molecule has 0 aromatic heterocycles. The van der Waals surface area contributed by atoms with Gasteiger partial charge in [0, 0.05) is 6.07 Å². The summed E-state index contributed by atoms with van der Waals surface area (Å²) in [7, 11) is 1.70. The summed E-state index contributed by atoms with van der Waals surface area (Å²) in [6.07, 6.45) is 2.19. The Morgan fingerprint density at radius 3 is 2.45 bits per heavy atom. The lowest BCUT2D eigenvalue weighted by atomic mass is 9.95. The van der Waals surface area contributed by atoms with E-state index in [0.717, 1.165) is 48.9 Å². The van der Waals surface area contributed by atoms with Crippen molar-refractivity contribution in [3.8, 4) is 17.2 Å². The molecule has 4 heteroatoms. The van der Waals surface area contributed by atoms with Crippen molar-refractivity contribution in [2.45, 2.75) is 45.6 Å². The van der Waals surface area contributed by atoms with Gasteiger partial charge in [0.2, 0.25) is 0 Å². The molecular formula is C25H33NO3. The first-order chi connectivity index (χ1) is 14.0. The molecule has 1 heterocycles. The van der Waals surface area contributed by atoms with Crippen molar-refractivity contribution in [2.75, 3.05) is 31.7 Å². The van der Waals surface area contributed by atoms with Gasteiger partial charge in [-0.2, -0.15) is 0 Å². The average Bonchev–Trinajstić information content (AvgIpc) is 2.68. The third-order valence-electron chi connectivity index (χ3n) is 5.22. The van der Waals surface area contributed by atoms with Crippen molar-refractivity contribution in [3.63, 3.8) is 0 Å². The molecule has 0 saturated carbocycles. The number of hydrogen-bond donors (Lipinski definition) is 0. The van der Waals surface area contributed by atoms with Crippen LogP contribution in [0.2, 0.25) is 0 Å². The lowest BCUT2D eigenvalue weighted by Gasteiger charge is -2.41. The molecule has 2 aromatic rings. The van der Waals surface area contributed by atoms with Crippen molar-refractivity contribution in [1.29, 1.82) is 0 Å². The van der Waals surface area contributed by atoms with E-state index in [1.165, 1.54) is 11.1 Å². The number of rotatable bonds is 10. The highest BCUT2D eigenvalue weighted by Crippen LogP contribution is 2.35. The lowest BCUT2D eigenvalue weighted by Crippen LogP contribution is -2.54. The van der Waals surface area contributed by atoms with Gasteiger partial charge in [0.25, 0.3) is 0 Å². The fourth-order valence-electron chi connectivity index (χ4n) is 3.65. The molecule has 1 fully saturated rings. The maximum Gasteiger partial charge on any atom is 0.145 e. The summed E-state index contributed by atoms with van der Waals surface area (Å²) in [6, 6.07) is 14.5. The first kappa shape index (κ1) is 21.1. The van der Waals surface area contributed by atoms with Gasteiger partial charge in [-0.05, 0) is 55.5 Å². The van der Waals surface area contributed by atoms with Crippen LogP contribution in [0.1, 0.15) is 45.1 Å². The van der Waals surface area contributed by atoms with Gasteiger partial charge in [-0.25, -0.2) is 0 Å². The molecule has 1 aliphatic rings. The maximum absolute atomic E-state index is 6.14. The van der Waals surface area contributed by atoms with Crippen LogP contribution in [-0.4, -0.2) is 32.9 Å². The van der Waals surface area contributed by atoms with Crippen molar-refractivity contribution in [3.05, 3.63) is 60.2 Å². The van der Waals surface area contributed by atoms with Crippen LogP contribution < -0.4 is 19.1 Å². The normalized spacial score (nSPS) is 14.8. The molecule has 0 aliphatic carbocycles. The number of benzene rings is 2. The highest BCUT2D eigenvalue weighted by Gasteiger charge is 2.30. The molecular weight excluding hydrogens is 362 g/mol. The van der Waals surface area contributed by atoms with Gasteiger partial charge in [0.1, 0.15) is 23.4 Å². The molecule has 3 rings (SSSR count). The van der Waals surface area contributed by atoms with Gasteiger partial charge in [0.05, 0.1) is 32.5 Å². The van der Waals surface area contributed by atoms with Gasteiger partial charge >= 0.3 is 0 Å². The van der Waals surface area contributed by atoms with Crippen LogP contribution >= 0.6 is 0 Å². The summed E-state index contributed by atoms with van der Waals surface area (Å²) in [5.74, 6) is 3.10. The molecule has 0 bridgehead atoms. The summed E-state index contributed by atoms with van der Waals surface area (Å²) in [5.41, 5.74) is 3.62. The molecule has 4 nitrogen and oxygen atoms in total. The van der Waals surface area contributed by atoms with E-state index in [9.17, 15) is 0 Å². The number of methoxy groups -OCH3 is 1. The van der Waals surface area contributed by atoms with E-state index in [1.807, 2.05) is 12.1 Å². The number of anilines is 1. The van der Waals surface area contributed by atoms with Crippen molar-refractivity contribution < 1.29 is 14.2 Å². The Morgan fingerprint density at radius 2 is 1.83 bits per heavy atom. The molecule has 0 radical (unpaired) electrons. The van der Waals surface area contributed by atoms with E-state index < -0.39 is 0 Å². The van der Waals surface area contributed by atoms with Crippen molar-refractivity contribution in [1.82, 2.24) is 0 Å². The molecule has 0 amide bonds. The Morgan fingerprint density at radius 1 is 1.14 bits per heavy atom. The third-order valence-corrected chi connectivity index (χ3v) is 5.22. The highest BCUT2D eigenvalue weighted by molar-refractivity contribution is 5.62. The maximum atomic E-state index is 6.14. The number of allylic oxidation sites excluding steroid dienone is 1. The molecule has 0 spiro atoms. The van der Waals surface area contributed by atoms with Crippen LogP contribution in [0.4, 0.5) is 5.69 Å². The van der Waals surface area contributed by atoms with Crippen LogP contribution in [0.25, 0.3) is 0 Å². The highest BCUT2D eigenvalue weighted by atomic mass is 16.5. The monoisotopic (exact) mass is 395 g/mol. The standard InChI is InChI=1S/C25H33NO3/c1-6-13-28-22-11-12-24(25(15-22)27-5)26-16-23(17-26)29-21-9-7-20(8-10-21)19(4)14-18(2)3/h7-12,15,19,23H,2,6,13-14,16-17H2,1,3-5H3/t19-/m1/s1. The largest absolute Gasteiger partial charge is 0.494 e. The molecule has 29 heavy (non-hydrogen) atoms. The predicted octanol–water partition coefficient (Wildman–Crippen LogP) is 5.82. The first-order valence-corrected chi connectivity index (χ1v) is 10.5. The molecule has 1 aliphatic heterocycles. The minimum Gasteiger partial charge on any atom is -0.494 e. The van der Waals surface area contributed by atoms with E-state index in [0.29, 0.717) is 12.5 Å². The van der Waals surface area contributed by atoms with Crippen LogP contribution in [-0.2, 0) is 0 Å². The minimum absolute atomic E-state index is 0.189. The van der Waals surface area contributed by atoms with Crippen molar-refractivity contribution in [2.24, 2.45) is 0 Å². The first-order valence-electron chi connectivity index (χ1n) is 10.5.